The van der Waals surface area contributed by atoms with E-state index in [2.05, 4.69) is 6.92 Å². The summed E-state index contributed by atoms with van der Waals surface area (Å²) in [7, 11) is 1.32. The van der Waals surface area contributed by atoms with Crippen LogP contribution in [0.4, 0.5) is 5.69 Å². The Morgan fingerprint density at radius 3 is 2.69 bits per heavy atom. The fourth-order valence-corrected chi connectivity index (χ4v) is 3.49. The van der Waals surface area contributed by atoms with Crippen molar-refractivity contribution in [2.45, 2.75) is 52.0 Å². The Morgan fingerprint density at radius 1 is 1.27 bits per heavy atom. The van der Waals surface area contributed by atoms with Gasteiger partial charge in [-0.3, -0.25) is 9.59 Å². The summed E-state index contributed by atoms with van der Waals surface area (Å²) >= 11 is 0. The molecule has 0 aliphatic carbocycles. The van der Waals surface area contributed by atoms with E-state index >= 15 is 0 Å². The highest BCUT2D eigenvalue weighted by Gasteiger charge is 2.26. The lowest BCUT2D eigenvalue weighted by molar-refractivity contribution is -0.134. The van der Waals surface area contributed by atoms with Crippen LogP contribution in [-0.4, -0.2) is 48.9 Å². The highest BCUT2D eigenvalue weighted by Crippen LogP contribution is 2.22. The van der Waals surface area contributed by atoms with Crippen LogP contribution in [0.15, 0.2) is 24.3 Å². The number of benzene rings is 1. The molecule has 0 radical (unpaired) electrons. The normalized spacial score (nSPS) is 16.9. The Hall–Kier alpha value is -2.37. The van der Waals surface area contributed by atoms with Crippen LogP contribution in [0.3, 0.4) is 0 Å². The molecule has 0 saturated carbocycles. The number of hydrogen-bond acceptors (Lipinski definition) is 4. The molecular weight excluding hydrogens is 332 g/mol. The molecule has 0 aromatic heterocycles. The molecule has 6 nitrogen and oxygen atoms in total. The van der Waals surface area contributed by atoms with Gasteiger partial charge in [-0.2, -0.15) is 0 Å². The number of methoxy groups -OCH3 is 1. The summed E-state index contributed by atoms with van der Waals surface area (Å²) in [5, 5.41) is 0. The van der Waals surface area contributed by atoms with Gasteiger partial charge in [-0.05, 0) is 43.9 Å². The Balaban J connectivity index is 2.08. The third-order valence-electron chi connectivity index (χ3n) is 4.93. The van der Waals surface area contributed by atoms with Crippen LogP contribution in [0.2, 0.25) is 0 Å². The molecule has 1 atom stereocenters. The molecule has 1 aliphatic heterocycles. The van der Waals surface area contributed by atoms with E-state index in [1.807, 2.05) is 4.90 Å². The van der Waals surface area contributed by atoms with Crippen LogP contribution in [-0.2, 0) is 14.3 Å². The highest BCUT2D eigenvalue weighted by atomic mass is 16.5. The molecule has 1 saturated heterocycles. The first-order chi connectivity index (χ1) is 12.5. The van der Waals surface area contributed by atoms with Gasteiger partial charge in [0.25, 0.3) is 0 Å². The summed E-state index contributed by atoms with van der Waals surface area (Å²) in [6, 6.07) is 7.03. The molecule has 1 fully saturated rings. The molecule has 0 spiro atoms. The first-order valence-electron chi connectivity index (χ1n) is 9.23. The minimum Gasteiger partial charge on any atom is -0.465 e. The number of amides is 2. The van der Waals surface area contributed by atoms with Gasteiger partial charge in [-0.15, -0.1) is 0 Å². The van der Waals surface area contributed by atoms with Gasteiger partial charge < -0.3 is 14.5 Å². The predicted molar refractivity (Wildman–Crippen MR) is 100 cm³/mol. The summed E-state index contributed by atoms with van der Waals surface area (Å²) in [5.41, 5.74) is 0.975. The van der Waals surface area contributed by atoms with Crippen molar-refractivity contribution >= 4 is 23.5 Å². The fraction of sp³-hybridized carbons (Fsp3) is 0.550. The van der Waals surface area contributed by atoms with Crippen molar-refractivity contribution in [3.63, 3.8) is 0 Å². The molecule has 1 aliphatic rings. The lowest BCUT2D eigenvalue weighted by Crippen LogP contribution is -2.44. The molecule has 0 bridgehead atoms. The summed E-state index contributed by atoms with van der Waals surface area (Å²) < 4.78 is 4.73. The molecule has 1 aromatic rings. The molecule has 142 valence electrons. The second-order valence-corrected chi connectivity index (χ2v) is 6.61. The van der Waals surface area contributed by atoms with E-state index in [-0.39, 0.29) is 18.2 Å². The van der Waals surface area contributed by atoms with Crippen LogP contribution in [0.5, 0.6) is 0 Å². The van der Waals surface area contributed by atoms with Gasteiger partial charge >= 0.3 is 5.97 Å². The molecule has 2 amide bonds. The van der Waals surface area contributed by atoms with Crippen molar-refractivity contribution in [1.82, 2.24) is 4.90 Å². The second-order valence-electron chi connectivity index (χ2n) is 6.61. The minimum atomic E-state index is -0.453. The molecule has 26 heavy (non-hydrogen) atoms. The highest BCUT2D eigenvalue weighted by molar-refractivity contribution is 5.95. The van der Waals surface area contributed by atoms with Gasteiger partial charge in [0, 0.05) is 38.2 Å². The maximum atomic E-state index is 12.7. The van der Waals surface area contributed by atoms with E-state index in [1.54, 1.807) is 24.3 Å². The SMILES string of the molecule is CCC1CCCCN1C(=O)CCN(C(C)=O)c1cccc(C(=O)OC)c1. The molecule has 2 rings (SSSR count). The average molecular weight is 360 g/mol. The standard InChI is InChI=1S/C20H28N2O4/c1-4-17-9-5-6-12-22(17)19(24)11-13-21(15(2)23)18-10-7-8-16(14-18)20(25)26-3/h7-8,10,14,17H,4-6,9,11-13H2,1-3H3. The topological polar surface area (TPSA) is 66.9 Å². The molecular formula is C20H28N2O4. The fourth-order valence-electron chi connectivity index (χ4n) is 3.49. The first-order valence-corrected chi connectivity index (χ1v) is 9.23. The summed E-state index contributed by atoms with van der Waals surface area (Å²) in [6.07, 6.45) is 4.50. The van der Waals surface area contributed by atoms with Gasteiger partial charge in [0.2, 0.25) is 11.8 Å². The molecule has 1 aromatic carbocycles. The summed E-state index contributed by atoms with van der Waals surface area (Å²) in [4.78, 5) is 40.0. The lowest BCUT2D eigenvalue weighted by Gasteiger charge is -2.35. The average Bonchev–Trinajstić information content (AvgIpc) is 2.67. The van der Waals surface area contributed by atoms with Crippen LogP contribution in [0.1, 0.15) is 56.3 Å². The zero-order valence-corrected chi connectivity index (χ0v) is 15.9. The van der Waals surface area contributed by atoms with E-state index in [0.29, 0.717) is 23.8 Å². The Kier molecular flexibility index (Phi) is 7.18. The Labute approximate surface area is 155 Å². The van der Waals surface area contributed by atoms with Gasteiger partial charge in [-0.25, -0.2) is 4.79 Å². The number of carbonyl (C=O) groups is 3. The quantitative estimate of drug-likeness (QED) is 0.732. The Bertz CT molecular complexity index is 659. The largest absolute Gasteiger partial charge is 0.465 e. The van der Waals surface area contributed by atoms with Crippen molar-refractivity contribution in [3.05, 3.63) is 29.8 Å². The van der Waals surface area contributed by atoms with Crippen molar-refractivity contribution in [2.75, 3.05) is 25.1 Å². The number of ether oxygens (including phenoxy) is 1. The van der Waals surface area contributed by atoms with Crippen LogP contribution in [0.25, 0.3) is 0 Å². The molecule has 1 unspecified atom stereocenters. The van der Waals surface area contributed by atoms with Crippen molar-refractivity contribution < 1.29 is 19.1 Å². The number of nitrogens with zero attached hydrogens (tertiary/aromatic N) is 2. The third-order valence-corrected chi connectivity index (χ3v) is 4.93. The van der Waals surface area contributed by atoms with E-state index in [4.69, 9.17) is 4.74 Å². The van der Waals surface area contributed by atoms with Crippen LogP contribution >= 0.6 is 0 Å². The number of esters is 1. The van der Waals surface area contributed by atoms with E-state index < -0.39 is 5.97 Å². The minimum absolute atomic E-state index is 0.0897. The van der Waals surface area contributed by atoms with E-state index in [1.165, 1.54) is 25.4 Å². The van der Waals surface area contributed by atoms with Crippen LogP contribution < -0.4 is 4.90 Å². The number of rotatable bonds is 6. The smallest absolute Gasteiger partial charge is 0.337 e. The third kappa shape index (κ3) is 4.84. The maximum absolute atomic E-state index is 12.7. The van der Waals surface area contributed by atoms with Gasteiger partial charge in [-0.1, -0.05) is 13.0 Å². The number of carbonyl (C=O) groups excluding carboxylic acids is 3. The monoisotopic (exact) mass is 360 g/mol. The number of likely N-dealkylation sites (tertiary alicyclic amines) is 1. The second kappa shape index (κ2) is 9.36. The maximum Gasteiger partial charge on any atom is 0.337 e. The van der Waals surface area contributed by atoms with E-state index in [0.717, 1.165) is 25.8 Å². The van der Waals surface area contributed by atoms with Gasteiger partial charge in [0.05, 0.1) is 12.7 Å². The Morgan fingerprint density at radius 2 is 2.04 bits per heavy atom. The van der Waals surface area contributed by atoms with Crippen molar-refractivity contribution in [1.29, 1.82) is 0 Å². The zero-order valence-electron chi connectivity index (χ0n) is 15.9. The van der Waals surface area contributed by atoms with Crippen molar-refractivity contribution in [3.8, 4) is 0 Å². The zero-order chi connectivity index (χ0) is 19.1. The molecule has 6 heteroatoms. The summed E-state index contributed by atoms with van der Waals surface area (Å²) in [6.45, 7) is 4.67. The van der Waals surface area contributed by atoms with Crippen molar-refractivity contribution in [2.24, 2.45) is 0 Å². The number of hydrogen-bond donors (Lipinski definition) is 0. The number of piperidine rings is 1. The summed E-state index contributed by atoms with van der Waals surface area (Å²) in [5.74, 6) is -0.525. The van der Waals surface area contributed by atoms with E-state index in [9.17, 15) is 14.4 Å². The lowest BCUT2D eigenvalue weighted by atomic mass is 9.99. The van der Waals surface area contributed by atoms with Gasteiger partial charge in [0.15, 0.2) is 0 Å². The van der Waals surface area contributed by atoms with Gasteiger partial charge in [0.1, 0.15) is 0 Å². The molecule has 0 N–H and O–H groups in total. The predicted octanol–water partition coefficient (Wildman–Crippen LogP) is 3.01. The number of anilines is 1. The first kappa shape index (κ1) is 19.9. The van der Waals surface area contributed by atoms with Crippen LogP contribution in [0, 0.1) is 0 Å². The molecule has 1 heterocycles.